The van der Waals surface area contributed by atoms with Gasteiger partial charge >= 0.3 is 0 Å². The fraction of sp³-hybridized carbons (Fsp3) is 0.333. The molecule has 3 heteroatoms. The van der Waals surface area contributed by atoms with E-state index in [2.05, 4.69) is 15.9 Å². The lowest BCUT2D eigenvalue weighted by Crippen LogP contribution is -2.05. The van der Waals surface area contributed by atoms with E-state index < -0.39 is 6.17 Å². The summed E-state index contributed by atoms with van der Waals surface area (Å²) >= 11 is 8.82. The lowest BCUT2D eigenvalue weighted by atomic mass is 10.1. The number of hydrogen-bond donors (Lipinski definition) is 0. The van der Waals surface area contributed by atoms with Crippen LogP contribution >= 0.6 is 27.5 Å². The minimum absolute atomic E-state index is 0.375. The van der Waals surface area contributed by atoms with Crippen LogP contribution in [0, 0.1) is 0 Å². The normalized spacial score (nSPS) is 12.9. The molecule has 0 aliphatic rings. The first-order chi connectivity index (χ1) is 5.72. The van der Waals surface area contributed by atoms with Crippen LogP contribution in [0.2, 0.25) is 5.02 Å². The molecule has 0 nitrogen and oxygen atoms in total. The summed E-state index contributed by atoms with van der Waals surface area (Å²) < 4.78 is 12.9. The van der Waals surface area contributed by atoms with Crippen LogP contribution in [0.5, 0.6) is 0 Å². The third kappa shape index (κ3) is 3.11. The van der Waals surface area contributed by atoms with Gasteiger partial charge in [0.1, 0.15) is 6.17 Å². The first-order valence-electron chi connectivity index (χ1n) is 3.67. The van der Waals surface area contributed by atoms with Gasteiger partial charge in [0.15, 0.2) is 0 Å². The van der Waals surface area contributed by atoms with E-state index >= 15 is 0 Å². The molecule has 66 valence electrons. The van der Waals surface area contributed by atoms with Gasteiger partial charge in [0.05, 0.1) is 0 Å². The van der Waals surface area contributed by atoms with Crippen LogP contribution in [0.15, 0.2) is 24.3 Å². The van der Waals surface area contributed by atoms with Crippen molar-refractivity contribution in [2.75, 3.05) is 5.33 Å². The molecule has 0 saturated carbocycles. The fourth-order valence-electron chi connectivity index (χ4n) is 0.974. The molecule has 1 aromatic carbocycles. The maximum absolute atomic E-state index is 12.9. The third-order valence-electron chi connectivity index (χ3n) is 1.51. The molecule has 0 amide bonds. The van der Waals surface area contributed by atoms with Crippen LogP contribution in [0.4, 0.5) is 4.39 Å². The summed E-state index contributed by atoms with van der Waals surface area (Å²) in [6.07, 6.45) is -0.408. The first-order valence-corrected chi connectivity index (χ1v) is 5.17. The molecule has 0 N–H and O–H groups in total. The Kier molecular flexibility index (Phi) is 4.02. The molecule has 0 fully saturated rings. The van der Waals surface area contributed by atoms with Crippen LogP contribution in [0.25, 0.3) is 0 Å². The van der Waals surface area contributed by atoms with E-state index in [0.717, 1.165) is 5.56 Å². The van der Waals surface area contributed by atoms with Crippen LogP contribution in [-0.2, 0) is 6.42 Å². The van der Waals surface area contributed by atoms with Crippen molar-refractivity contribution in [3.63, 3.8) is 0 Å². The highest BCUT2D eigenvalue weighted by Crippen LogP contribution is 2.13. The summed E-state index contributed by atoms with van der Waals surface area (Å²) in [7, 11) is 0. The molecule has 1 atom stereocenters. The van der Waals surface area contributed by atoms with Crippen molar-refractivity contribution in [2.24, 2.45) is 0 Å². The van der Waals surface area contributed by atoms with Crippen molar-refractivity contribution >= 4 is 27.5 Å². The zero-order valence-corrected chi connectivity index (χ0v) is 8.78. The minimum atomic E-state index is -0.830. The largest absolute Gasteiger partial charge is 0.246 e. The number of benzene rings is 1. The minimum Gasteiger partial charge on any atom is -0.246 e. The number of hydrogen-bond acceptors (Lipinski definition) is 0. The topological polar surface area (TPSA) is 0 Å². The van der Waals surface area contributed by atoms with Gasteiger partial charge in [-0.15, -0.1) is 0 Å². The maximum Gasteiger partial charge on any atom is 0.114 e. The predicted molar refractivity (Wildman–Crippen MR) is 53.8 cm³/mol. The maximum atomic E-state index is 12.9. The molecule has 12 heavy (non-hydrogen) atoms. The zero-order valence-electron chi connectivity index (χ0n) is 6.43. The number of rotatable bonds is 3. The summed E-state index contributed by atoms with van der Waals surface area (Å²) in [6.45, 7) is 0. The highest BCUT2D eigenvalue weighted by molar-refractivity contribution is 9.09. The van der Waals surface area contributed by atoms with Gasteiger partial charge in [-0.05, 0) is 17.7 Å². The quantitative estimate of drug-likeness (QED) is 0.720. The van der Waals surface area contributed by atoms with Gasteiger partial charge in [-0.2, -0.15) is 0 Å². The SMILES string of the molecule is F[C@H](CBr)Cc1cccc(Cl)c1. The third-order valence-corrected chi connectivity index (χ3v) is 2.45. The van der Waals surface area contributed by atoms with Gasteiger partial charge in [0, 0.05) is 16.8 Å². The summed E-state index contributed by atoms with van der Waals surface area (Å²) in [5.41, 5.74) is 0.939. The van der Waals surface area contributed by atoms with Crippen molar-refractivity contribution < 1.29 is 4.39 Å². The lowest BCUT2D eigenvalue weighted by Gasteiger charge is -2.03. The Bertz CT molecular complexity index is 252. The summed E-state index contributed by atoms with van der Waals surface area (Å²) in [6, 6.07) is 7.28. The average molecular weight is 252 g/mol. The average Bonchev–Trinajstić information content (AvgIpc) is 2.04. The van der Waals surface area contributed by atoms with Gasteiger partial charge in [-0.25, -0.2) is 4.39 Å². The number of alkyl halides is 2. The van der Waals surface area contributed by atoms with Crippen molar-refractivity contribution in [1.29, 1.82) is 0 Å². The zero-order chi connectivity index (χ0) is 8.97. The lowest BCUT2D eigenvalue weighted by molar-refractivity contribution is 0.368. The molecule has 1 aromatic rings. The molecule has 0 aromatic heterocycles. The molecule has 0 spiro atoms. The van der Waals surface area contributed by atoms with Crippen molar-refractivity contribution in [3.05, 3.63) is 34.9 Å². The smallest absolute Gasteiger partial charge is 0.114 e. The van der Waals surface area contributed by atoms with Crippen LogP contribution in [0.1, 0.15) is 5.56 Å². The van der Waals surface area contributed by atoms with E-state index in [-0.39, 0.29) is 0 Å². The van der Waals surface area contributed by atoms with E-state index in [1.807, 2.05) is 12.1 Å². The van der Waals surface area contributed by atoms with Gasteiger partial charge in [-0.1, -0.05) is 39.7 Å². The fourth-order valence-corrected chi connectivity index (χ4v) is 1.42. The monoisotopic (exact) mass is 250 g/mol. The van der Waals surface area contributed by atoms with Crippen LogP contribution in [0.3, 0.4) is 0 Å². The van der Waals surface area contributed by atoms with Crippen molar-refractivity contribution in [3.8, 4) is 0 Å². The molecule has 0 saturated heterocycles. The Hall–Kier alpha value is -0.0800. The predicted octanol–water partition coefficient (Wildman–Crippen LogP) is 3.62. The second kappa shape index (κ2) is 4.83. The Morgan fingerprint density at radius 1 is 1.50 bits per heavy atom. The molecular formula is C9H9BrClF. The highest BCUT2D eigenvalue weighted by atomic mass is 79.9. The number of halogens is 3. The molecule has 0 heterocycles. The van der Waals surface area contributed by atoms with Gasteiger partial charge in [0.25, 0.3) is 0 Å². The molecule has 1 rings (SSSR count). The summed E-state index contributed by atoms with van der Waals surface area (Å²) in [4.78, 5) is 0. The Balaban J connectivity index is 2.63. The second-order valence-corrected chi connectivity index (χ2v) is 3.67. The van der Waals surface area contributed by atoms with E-state index in [9.17, 15) is 4.39 Å². The first kappa shape index (κ1) is 10.0. The van der Waals surface area contributed by atoms with Gasteiger partial charge < -0.3 is 0 Å². The molecule has 0 bridgehead atoms. The van der Waals surface area contributed by atoms with Gasteiger partial charge in [0.2, 0.25) is 0 Å². The molecule has 0 radical (unpaired) electrons. The molecule has 0 aliphatic carbocycles. The van der Waals surface area contributed by atoms with Crippen molar-refractivity contribution in [2.45, 2.75) is 12.6 Å². The molecule has 0 aliphatic heterocycles. The summed E-state index contributed by atoms with van der Waals surface area (Å²) in [5.74, 6) is 0. The standard InChI is InChI=1S/C9H9BrClF/c10-6-9(12)5-7-2-1-3-8(11)4-7/h1-4,9H,5-6H2/t9-/m0/s1. The highest BCUT2D eigenvalue weighted by Gasteiger charge is 2.05. The Labute approximate surface area is 84.9 Å². The van der Waals surface area contributed by atoms with Crippen LogP contribution in [-0.4, -0.2) is 11.5 Å². The van der Waals surface area contributed by atoms with Crippen LogP contribution < -0.4 is 0 Å². The van der Waals surface area contributed by atoms with E-state index in [1.54, 1.807) is 12.1 Å². The Morgan fingerprint density at radius 2 is 2.25 bits per heavy atom. The van der Waals surface area contributed by atoms with Gasteiger partial charge in [-0.3, -0.25) is 0 Å². The summed E-state index contributed by atoms with van der Waals surface area (Å²) in [5, 5.41) is 1.04. The molecular weight excluding hydrogens is 242 g/mol. The van der Waals surface area contributed by atoms with E-state index in [4.69, 9.17) is 11.6 Å². The van der Waals surface area contributed by atoms with E-state index in [1.165, 1.54) is 0 Å². The van der Waals surface area contributed by atoms with Crippen molar-refractivity contribution in [1.82, 2.24) is 0 Å². The molecule has 0 unspecified atom stereocenters. The second-order valence-electron chi connectivity index (χ2n) is 2.59. The Morgan fingerprint density at radius 3 is 2.83 bits per heavy atom. The van der Waals surface area contributed by atoms with E-state index in [0.29, 0.717) is 16.8 Å².